The molecule has 0 spiro atoms. The lowest BCUT2D eigenvalue weighted by Gasteiger charge is -2.14. The highest BCUT2D eigenvalue weighted by Gasteiger charge is 2.10. The summed E-state index contributed by atoms with van der Waals surface area (Å²) in [7, 11) is 3.78. The summed E-state index contributed by atoms with van der Waals surface area (Å²) < 4.78 is 1.82. The third-order valence-electron chi connectivity index (χ3n) is 1.98. The molecule has 4 nitrogen and oxygen atoms in total. The van der Waals surface area contributed by atoms with Gasteiger partial charge in [0.2, 0.25) is 0 Å². The van der Waals surface area contributed by atoms with E-state index in [1.165, 1.54) is 0 Å². The van der Waals surface area contributed by atoms with E-state index < -0.39 is 0 Å². The van der Waals surface area contributed by atoms with Crippen LogP contribution in [0.3, 0.4) is 0 Å². The predicted octanol–water partition coefficient (Wildman–Crippen LogP) is 0.0630. The first-order valence-corrected chi connectivity index (χ1v) is 4.05. The molecule has 4 heteroatoms. The van der Waals surface area contributed by atoms with Crippen molar-refractivity contribution >= 4 is 0 Å². The first kappa shape index (κ1) is 9.22. The maximum absolute atomic E-state index is 8.79. The van der Waals surface area contributed by atoms with Crippen molar-refractivity contribution in [1.29, 1.82) is 0 Å². The number of rotatable bonds is 4. The first-order chi connectivity index (χ1) is 5.79. The Morgan fingerprint density at radius 2 is 2.50 bits per heavy atom. The van der Waals surface area contributed by atoms with E-state index in [9.17, 15) is 0 Å². The van der Waals surface area contributed by atoms with Crippen molar-refractivity contribution in [1.82, 2.24) is 15.1 Å². The lowest BCUT2D eigenvalue weighted by Crippen LogP contribution is -2.20. The molecule has 12 heavy (non-hydrogen) atoms. The lowest BCUT2D eigenvalue weighted by atomic mass is 10.1. The molecule has 0 aliphatic heterocycles. The van der Waals surface area contributed by atoms with Crippen LogP contribution in [0.1, 0.15) is 18.2 Å². The lowest BCUT2D eigenvalue weighted by molar-refractivity contribution is 0.266. The van der Waals surface area contributed by atoms with Gasteiger partial charge in [0.1, 0.15) is 0 Å². The Bertz CT molecular complexity index is 234. The van der Waals surface area contributed by atoms with Crippen molar-refractivity contribution in [2.24, 2.45) is 7.05 Å². The number of aromatic nitrogens is 2. The normalized spacial score (nSPS) is 13.2. The number of nitrogens with zero attached hydrogens (tertiary/aromatic N) is 2. The molecule has 1 unspecified atom stereocenters. The van der Waals surface area contributed by atoms with Crippen molar-refractivity contribution < 1.29 is 5.11 Å². The fourth-order valence-electron chi connectivity index (χ4n) is 1.30. The van der Waals surface area contributed by atoms with Crippen molar-refractivity contribution in [3.63, 3.8) is 0 Å². The Balaban J connectivity index is 2.72. The standard InChI is InChI=1S/C8H15N3O/c1-9-7(4-6-12)8-3-5-10-11(8)2/h3,5,7,9,12H,4,6H2,1-2H3. The molecule has 0 aromatic carbocycles. The second-order valence-corrected chi connectivity index (χ2v) is 2.73. The predicted molar refractivity (Wildman–Crippen MR) is 46.7 cm³/mol. The van der Waals surface area contributed by atoms with Gasteiger partial charge in [0.25, 0.3) is 0 Å². The van der Waals surface area contributed by atoms with Gasteiger partial charge in [-0.25, -0.2) is 0 Å². The van der Waals surface area contributed by atoms with Crippen LogP contribution in [-0.4, -0.2) is 28.5 Å². The van der Waals surface area contributed by atoms with Crippen molar-refractivity contribution in [3.05, 3.63) is 18.0 Å². The number of aryl methyl sites for hydroxylation is 1. The van der Waals surface area contributed by atoms with Gasteiger partial charge in [-0.2, -0.15) is 5.10 Å². The van der Waals surface area contributed by atoms with Crippen LogP contribution in [0.25, 0.3) is 0 Å². The molecule has 0 amide bonds. The molecule has 2 N–H and O–H groups in total. The van der Waals surface area contributed by atoms with E-state index in [4.69, 9.17) is 5.11 Å². The minimum Gasteiger partial charge on any atom is -0.396 e. The van der Waals surface area contributed by atoms with Gasteiger partial charge in [-0.15, -0.1) is 0 Å². The van der Waals surface area contributed by atoms with Crippen LogP contribution in [0, 0.1) is 0 Å². The second-order valence-electron chi connectivity index (χ2n) is 2.73. The van der Waals surface area contributed by atoms with Crippen LogP contribution >= 0.6 is 0 Å². The third kappa shape index (κ3) is 1.84. The van der Waals surface area contributed by atoms with Gasteiger partial charge < -0.3 is 10.4 Å². The van der Waals surface area contributed by atoms with Gasteiger partial charge in [0, 0.05) is 19.9 Å². The molecule has 0 fully saturated rings. The SMILES string of the molecule is CNC(CCO)c1ccnn1C. The van der Waals surface area contributed by atoms with Gasteiger partial charge >= 0.3 is 0 Å². The van der Waals surface area contributed by atoms with E-state index in [1.54, 1.807) is 6.20 Å². The van der Waals surface area contributed by atoms with Gasteiger partial charge in [-0.3, -0.25) is 4.68 Å². The maximum atomic E-state index is 8.79. The summed E-state index contributed by atoms with van der Waals surface area (Å²) in [6.45, 7) is 0.191. The molecule has 1 rings (SSSR count). The van der Waals surface area contributed by atoms with E-state index in [2.05, 4.69) is 10.4 Å². The van der Waals surface area contributed by atoms with Crippen LogP contribution in [-0.2, 0) is 7.05 Å². The molecule has 0 aliphatic rings. The molecule has 1 aromatic rings. The van der Waals surface area contributed by atoms with E-state index in [1.807, 2.05) is 24.8 Å². The van der Waals surface area contributed by atoms with Gasteiger partial charge in [0.05, 0.1) is 11.7 Å². The minimum absolute atomic E-state index is 0.191. The van der Waals surface area contributed by atoms with Crippen LogP contribution in [0.4, 0.5) is 0 Å². The number of aliphatic hydroxyl groups is 1. The number of hydrogen-bond donors (Lipinski definition) is 2. The Labute approximate surface area is 72.2 Å². The van der Waals surface area contributed by atoms with Crippen LogP contribution in [0.5, 0.6) is 0 Å². The monoisotopic (exact) mass is 169 g/mol. The molecule has 1 aromatic heterocycles. The van der Waals surface area contributed by atoms with Crippen LogP contribution in [0.15, 0.2) is 12.3 Å². The molecule has 68 valence electrons. The largest absolute Gasteiger partial charge is 0.396 e. The average Bonchev–Trinajstić information content (AvgIpc) is 2.47. The molecule has 0 saturated heterocycles. The molecule has 1 atom stereocenters. The molecule has 0 radical (unpaired) electrons. The Kier molecular flexibility index (Phi) is 3.25. The first-order valence-electron chi connectivity index (χ1n) is 4.05. The minimum atomic E-state index is 0.191. The number of hydrogen-bond acceptors (Lipinski definition) is 3. The van der Waals surface area contributed by atoms with Gasteiger partial charge in [-0.05, 0) is 19.5 Å². The average molecular weight is 169 g/mol. The number of nitrogens with one attached hydrogen (secondary N) is 1. The summed E-state index contributed by atoms with van der Waals surface area (Å²) >= 11 is 0. The highest BCUT2D eigenvalue weighted by Crippen LogP contribution is 2.13. The van der Waals surface area contributed by atoms with Crippen molar-refractivity contribution in [3.8, 4) is 0 Å². The Hall–Kier alpha value is -0.870. The molecular weight excluding hydrogens is 154 g/mol. The van der Waals surface area contributed by atoms with E-state index in [0.29, 0.717) is 0 Å². The molecule has 1 heterocycles. The maximum Gasteiger partial charge on any atom is 0.0551 e. The molecular formula is C8H15N3O. The highest BCUT2D eigenvalue weighted by molar-refractivity contribution is 5.06. The molecule has 0 aliphatic carbocycles. The summed E-state index contributed by atoms with van der Waals surface area (Å²) in [5.74, 6) is 0. The van der Waals surface area contributed by atoms with Gasteiger partial charge in [-0.1, -0.05) is 0 Å². The molecule has 0 saturated carbocycles. The fraction of sp³-hybridized carbons (Fsp3) is 0.625. The van der Waals surface area contributed by atoms with E-state index in [0.717, 1.165) is 12.1 Å². The summed E-state index contributed by atoms with van der Waals surface area (Å²) in [6, 6.07) is 2.15. The third-order valence-corrected chi connectivity index (χ3v) is 1.98. The van der Waals surface area contributed by atoms with E-state index in [-0.39, 0.29) is 12.6 Å². The zero-order valence-corrected chi connectivity index (χ0v) is 7.49. The van der Waals surface area contributed by atoms with Crippen LogP contribution < -0.4 is 5.32 Å². The van der Waals surface area contributed by atoms with Gasteiger partial charge in [0.15, 0.2) is 0 Å². The van der Waals surface area contributed by atoms with Crippen molar-refractivity contribution in [2.75, 3.05) is 13.7 Å². The fourth-order valence-corrected chi connectivity index (χ4v) is 1.30. The quantitative estimate of drug-likeness (QED) is 0.670. The summed E-state index contributed by atoms with van der Waals surface area (Å²) in [6.07, 6.45) is 2.48. The number of aliphatic hydroxyl groups excluding tert-OH is 1. The Morgan fingerprint density at radius 1 is 1.75 bits per heavy atom. The highest BCUT2D eigenvalue weighted by atomic mass is 16.3. The van der Waals surface area contributed by atoms with E-state index >= 15 is 0 Å². The van der Waals surface area contributed by atoms with Crippen molar-refractivity contribution in [2.45, 2.75) is 12.5 Å². The smallest absolute Gasteiger partial charge is 0.0551 e. The second kappa shape index (κ2) is 4.23. The zero-order valence-electron chi connectivity index (χ0n) is 7.49. The zero-order chi connectivity index (χ0) is 8.97. The summed E-state index contributed by atoms with van der Waals surface area (Å²) in [5.41, 5.74) is 1.10. The summed E-state index contributed by atoms with van der Waals surface area (Å²) in [4.78, 5) is 0. The molecule has 0 bridgehead atoms. The Morgan fingerprint density at radius 3 is 2.92 bits per heavy atom. The summed E-state index contributed by atoms with van der Waals surface area (Å²) in [5, 5.41) is 16.0. The van der Waals surface area contributed by atoms with Crippen LogP contribution in [0.2, 0.25) is 0 Å². The topological polar surface area (TPSA) is 50.1 Å².